The Morgan fingerprint density at radius 1 is 0.511 bits per heavy atom. The van der Waals surface area contributed by atoms with Crippen molar-refractivity contribution in [3.8, 4) is 20.2 Å². The Morgan fingerprint density at radius 2 is 1.15 bits per heavy atom. The number of aromatic nitrogens is 2. The predicted molar refractivity (Wildman–Crippen MR) is 209 cm³/mol. The van der Waals surface area contributed by atoms with E-state index in [0.29, 0.717) is 0 Å². The molecule has 0 aliphatic rings. The fraction of sp³-hybridized carbons (Fsp3) is 0.190. The maximum Gasteiger partial charge on any atom is 0.0889 e. The number of thiophene rings is 2. The number of unbranched alkanes of at least 4 members (excludes halogenated alkanes) is 5. The number of hydrogen-bond donors (Lipinski definition) is 3. The summed E-state index contributed by atoms with van der Waals surface area (Å²) in [4.78, 5) is 11.5. The van der Waals surface area contributed by atoms with Crippen LogP contribution in [-0.2, 0) is 0 Å². The normalized spacial score (nSPS) is 12.1. The van der Waals surface area contributed by atoms with E-state index in [1.165, 1.54) is 129 Å². The lowest BCUT2D eigenvalue weighted by Crippen LogP contribution is -1.99. The third kappa shape index (κ3) is 5.09. The third-order valence-electron chi connectivity index (χ3n) is 9.78. The van der Waals surface area contributed by atoms with E-state index >= 15 is 0 Å². The summed E-state index contributed by atoms with van der Waals surface area (Å²) in [5.41, 5.74) is 6.05. The van der Waals surface area contributed by atoms with Crippen LogP contribution in [0.5, 0.6) is 0 Å². The number of aromatic amines is 2. The SMILES string of the molecule is CCCCCCCCNc1ccc(-c2ccc(-c3ccc4c(ccc5c6cc7[nH]c8c9ccccc9ccc8c7cc6[nH]c45)c3)s2)s1. The lowest BCUT2D eigenvalue weighted by molar-refractivity contribution is 0.617. The maximum absolute atomic E-state index is 3.81. The van der Waals surface area contributed by atoms with Gasteiger partial charge in [-0.3, -0.25) is 0 Å². The van der Waals surface area contributed by atoms with Crippen molar-refractivity contribution in [3.05, 3.63) is 103 Å². The smallest absolute Gasteiger partial charge is 0.0889 e. The minimum Gasteiger partial charge on any atom is -0.377 e. The molecule has 0 fully saturated rings. The first kappa shape index (κ1) is 28.6. The van der Waals surface area contributed by atoms with Gasteiger partial charge in [0.05, 0.1) is 16.0 Å². The monoisotopic (exact) mass is 647 g/mol. The summed E-state index contributed by atoms with van der Waals surface area (Å²) in [6, 6.07) is 38.3. The van der Waals surface area contributed by atoms with E-state index in [2.05, 4.69) is 125 Å². The number of fused-ring (bicyclic) bond motifs is 10. The standard InChI is InChI=1S/C42H37N3S2/c1-2-3-4-5-6-9-22-43-40-21-20-39(47-40)38-19-18-37(46-38)28-14-15-30-27(23-28)13-17-32-34-25-35-33(24-36(34)45-42(30)32)31-16-12-26-10-7-8-11-29(26)41(31)44-35/h7-8,10-21,23-25,43-45H,2-6,9,22H2,1H3. The van der Waals surface area contributed by atoms with Gasteiger partial charge in [0, 0.05) is 64.5 Å². The highest BCUT2D eigenvalue weighted by Crippen LogP contribution is 2.41. The van der Waals surface area contributed by atoms with Gasteiger partial charge < -0.3 is 15.3 Å². The zero-order valence-electron chi connectivity index (χ0n) is 26.6. The molecule has 0 aliphatic carbocycles. The molecule has 47 heavy (non-hydrogen) atoms. The molecule has 0 bridgehead atoms. The van der Waals surface area contributed by atoms with Crippen LogP contribution in [0.2, 0.25) is 0 Å². The molecule has 0 atom stereocenters. The molecule has 5 heteroatoms. The molecular weight excluding hydrogens is 611 g/mol. The second-order valence-electron chi connectivity index (χ2n) is 12.8. The fourth-order valence-electron chi connectivity index (χ4n) is 7.30. The van der Waals surface area contributed by atoms with E-state index in [1.54, 1.807) is 0 Å². The van der Waals surface area contributed by atoms with Gasteiger partial charge in [0.15, 0.2) is 0 Å². The van der Waals surface area contributed by atoms with Gasteiger partial charge in [-0.2, -0.15) is 0 Å². The summed E-state index contributed by atoms with van der Waals surface area (Å²) in [7, 11) is 0. The van der Waals surface area contributed by atoms with Gasteiger partial charge >= 0.3 is 0 Å². The first-order valence-corrected chi connectivity index (χ1v) is 18.6. The largest absolute Gasteiger partial charge is 0.377 e. The average Bonchev–Trinajstić information content (AvgIpc) is 3.91. The molecule has 0 unspecified atom stereocenters. The molecule has 0 saturated carbocycles. The van der Waals surface area contributed by atoms with Crippen molar-refractivity contribution in [2.45, 2.75) is 45.4 Å². The second kappa shape index (κ2) is 11.9. The Labute approximate surface area is 282 Å². The van der Waals surface area contributed by atoms with E-state index in [4.69, 9.17) is 0 Å². The van der Waals surface area contributed by atoms with E-state index in [1.807, 2.05) is 22.7 Å². The quantitative estimate of drug-likeness (QED) is 0.127. The highest BCUT2D eigenvalue weighted by atomic mass is 32.1. The van der Waals surface area contributed by atoms with Crippen molar-refractivity contribution in [2.75, 3.05) is 11.9 Å². The molecule has 9 rings (SSSR count). The van der Waals surface area contributed by atoms with E-state index < -0.39 is 0 Å². The molecule has 232 valence electrons. The molecule has 5 aromatic carbocycles. The first-order valence-electron chi connectivity index (χ1n) is 17.0. The summed E-state index contributed by atoms with van der Waals surface area (Å²) >= 11 is 3.75. The molecule has 0 amide bonds. The number of nitrogens with one attached hydrogen (secondary N) is 3. The van der Waals surface area contributed by atoms with E-state index in [-0.39, 0.29) is 0 Å². The third-order valence-corrected chi connectivity index (χ3v) is 12.1. The van der Waals surface area contributed by atoms with Gasteiger partial charge in [0.1, 0.15) is 0 Å². The number of anilines is 1. The van der Waals surface area contributed by atoms with Gasteiger partial charge in [-0.05, 0) is 65.2 Å². The highest BCUT2D eigenvalue weighted by Gasteiger charge is 2.14. The highest BCUT2D eigenvalue weighted by molar-refractivity contribution is 7.25. The molecule has 9 aromatic rings. The van der Waals surface area contributed by atoms with Crippen LogP contribution in [0.15, 0.2) is 103 Å². The Morgan fingerprint density at radius 3 is 1.96 bits per heavy atom. The van der Waals surface area contributed by atoms with Crippen LogP contribution in [0.25, 0.3) is 85.4 Å². The number of hydrogen-bond acceptors (Lipinski definition) is 3. The minimum absolute atomic E-state index is 1.06. The summed E-state index contributed by atoms with van der Waals surface area (Å²) in [6.45, 7) is 3.34. The molecule has 0 radical (unpaired) electrons. The molecule has 0 aliphatic heterocycles. The van der Waals surface area contributed by atoms with Crippen molar-refractivity contribution in [2.24, 2.45) is 0 Å². The van der Waals surface area contributed by atoms with Crippen LogP contribution in [0.4, 0.5) is 5.00 Å². The second-order valence-corrected chi connectivity index (χ2v) is 15.0. The van der Waals surface area contributed by atoms with Crippen molar-refractivity contribution in [1.82, 2.24) is 9.97 Å². The molecule has 4 aromatic heterocycles. The predicted octanol–water partition coefficient (Wildman–Crippen LogP) is 13.5. The zero-order valence-corrected chi connectivity index (χ0v) is 28.2. The van der Waals surface area contributed by atoms with Crippen LogP contribution in [0, 0.1) is 0 Å². The number of rotatable bonds is 10. The van der Waals surface area contributed by atoms with Gasteiger partial charge in [0.25, 0.3) is 0 Å². The lowest BCUT2D eigenvalue weighted by atomic mass is 10.0. The van der Waals surface area contributed by atoms with Crippen molar-refractivity contribution in [1.29, 1.82) is 0 Å². The maximum atomic E-state index is 3.81. The first-order chi connectivity index (χ1) is 23.2. The van der Waals surface area contributed by atoms with Crippen LogP contribution in [0.1, 0.15) is 45.4 Å². The lowest BCUT2D eigenvalue weighted by Gasteiger charge is -2.04. The van der Waals surface area contributed by atoms with Crippen molar-refractivity contribution < 1.29 is 0 Å². The van der Waals surface area contributed by atoms with Crippen molar-refractivity contribution in [3.63, 3.8) is 0 Å². The van der Waals surface area contributed by atoms with Crippen LogP contribution in [0.3, 0.4) is 0 Å². The van der Waals surface area contributed by atoms with Crippen LogP contribution in [-0.4, -0.2) is 16.5 Å². The molecule has 0 spiro atoms. The number of benzene rings is 5. The summed E-state index contributed by atoms with van der Waals surface area (Å²) < 4.78 is 0. The molecule has 3 N–H and O–H groups in total. The van der Waals surface area contributed by atoms with Gasteiger partial charge in [0.2, 0.25) is 0 Å². The molecule has 0 saturated heterocycles. The van der Waals surface area contributed by atoms with Gasteiger partial charge in [-0.15, -0.1) is 22.7 Å². The van der Waals surface area contributed by atoms with Gasteiger partial charge in [-0.1, -0.05) is 99.7 Å². The topological polar surface area (TPSA) is 43.6 Å². The Balaban J connectivity index is 0.988. The van der Waals surface area contributed by atoms with E-state index in [9.17, 15) is 0 Å². The summed E-state index contributed by atoms with van der Waals surface area (Å²) in [6.07, 6.45) is 7.98. The van der Waals surface area contributed by atoms with Crippen LogP contribution < -0.4 is 5.32 Å². The summed E-state index contributed by atoms with van der Waals surface area (Å²) in [5.74, 6) is 0. The van der Waals surface area contributed by atoms with E-state index in [0.717, 1.165) is 6.54 Å². The average molecular weight is 648 g/mol. The zero-order chi connectivity index (χ0) is 31.3. The van der Waals surface area contributed by atoms with Crippen LogP contribution >= 0.6 is 22.7 Å². The minimum atomic E-state index is 1.06. The Kier molecular flexibility index (Phi) is 7.25. The Hall–Kier alpha value is -4.58. The molecular formula is C42H37N3S2. The fourth-order valence-corrected chi connectivity index (χ4v) is 9.33. The molecule has 4 heterocycles. The van der Waals surface area contributed by atoms with Crippen molar-refractivity contribution >= 4 is 92.8 Å². The molecule has 3 nitrogen and oxygen atoms in total. The Bertz CT molecular complexity index is 2560. The number of H-pyrrole nitrogens is 2. The van der Waals surface area contributed by atoms with Gasteiger partial charge in [-0.25, -0.2) is 0 Å². The summed E-state index contributed by atoms with van der Waals surface area (Å²) in [5, 5.41) is 15.0.